The number of hydrogen-bond donors (Lipinski definition) is 3. The Balaban J connectivity index is 1.73. The fourth-order valence-corrected chi connectivity index (χ4v) is 5.39. The summed E-state index contributed by atoms with van der Waals surface area (Å²) in [6, 6.07) is 4.78. The molecule has 1 saturated heterocycles. The average molecular weight is 655 g/mol. The van der Waals surface area contributed by atoms with Crippen molar-refractivity contribution in [3.05, 3.63) is 54.3 Å². The SMILES string of the molecule is C=C(F)C(=O)Nc1cc(N[C@@H]2CCN(C)C[C@@H]2F)c2nc(C#CCNc3ccc(S(C)(=O)=O)cc3OC)c(CC(F)(F)F)n2c1. The molecule has 2 aromatic heterocycles. The number of ether oxygens (including phenoxy) is 1. The number of piperidine rings is 1. The van der Waals surface area contributed by atoms with Gasteiger partial charge >= 0.3 is 6.18 Å². The maximum Gasteiger partial charge on any atom is 0.394 e. The number of pyridine rings is 1. The number of nitrogens with zero attached hydrogens (tertiary/aromatic N) is 3. The Labute approximate surface area is 256 Å². The molecule has 2 atom stereocenters. The molecule has 0 aliphatic carbocycles. The molecule has 4 rings (SSSR count). The van der Waals surface area contributed by atoms with E-state index in [2.05, 4.69) is 39.4 Å². The number of likely N-dealkylation sites (tertiary alicyclic amines) is 1. The lowest BCUT2D eigenvalue weighted by Gasteiger charge is -2.33. The van der Waals surface area contributed by atoms with E-state index in [-0.39, 0.29) is 52.1 Å². The first-order valence-corrected chi connectivity index (χ1v) is 15.4. The number of benzene rings is 1. The monoisotopic (exact) mass is 654 g/mol. The Hall–Kier alpha value is -4.36. The number of imidazole rings is 1. The van der Waals surface area contributed by atoms with Gasteiger partial charge in [-0.3, -0.25) is 9.20 Å². The molecular formula is C29H31F5N6O4S. The number of rotatable bonds is 9. The first-order valence-electron chi connectivity index (χ1n) is 13.5. The van der Waals surface area contributed by atoms with Crippen LogP contribution in [0, 0.1) is 11.8 Å². The van der Waals surface area contributed by atoms with E-state index in [9.17, 15) is 35.2 Å². The van der Waals surface area contributed by atoms with Crippen molar-refractivity contribution in [2.45, 2.75) is 36.1 Å². The van der Waals surface area contributed by atoms with E-state index in [1.54, 1.807) is 11.9 Å². The van der Waals surface area contributed by atoms with Crippen molar-refractivity contribution in [1.82, 2.24) is 14.3 Å². The molecule has 0 spiro atoms. The van der Waals surface area contributed by atoms with Crippen LogP contribution in [-0.2, 0) is 21.1 Å². The number of hydrogen-bond acceptors (Lipinski definition) is 8. The molecule has 3 N–H and O–H groups in total. The van der Waals surface area contributed by atoms with Gasteiger partial charge < -0.3 is 25.6 Å². The van der Waals surface area contributed by atoms with Crippen molar-refractivity contribution in [1.29, 1.82) is 0 Å². The van der Waals surface area contributed by atoms with Gasteiger partial charge in [-0.1, -0.05) is 12.5 Å². The number of amides is 1. The highest BCUT2D eigenvalue weighted by Crippen LogP contribution is 2.31. The fraction of sp³-hybridized carbons (Fsp3) is 0.379. The highest BCUT2D eigenvalue weighted by Gasteiger charge is 2.33. The zero-order valence-corrected chi connectivity index (χ0v) is 25.4. The number of fused-ring (bicyclic) bond motifs is 1. The molecule has 0 saturated carbocycles. The Morgan fingerprint density at radius 1 is 1.24 bits per heavy atom. The predicted molar refractivity (Wildman–Crippen MR) is 160 cm³/mol. The molecule has 1 aliphatic heterocycles. The standard InChI is InChI=1S/C29H31F5N6O4S/c1-17(30)28(41)36-18-12-24(37-21-9-11-39(2)16-20(21)31)27-38-22(25(40(27)15-18)14-29(32,33)34)6-5-10-35-23-8-7-19(45(4,42)43)13-26(23)44-3/h7-8,12-13,15,20-21,35,37H,1,9-11,14,16H2,2-4H3,(H,36,41)/t20-,21+/m0/s1. The van der Waals surface area contributed by atoms with Gasteiger partial charge in [0.2, 0.25) is 0 Å². The second kappa shape index (κ2) is 13.3. The van der Waals surface area contributed by atoms with Crippen molar-refractivity contribution in [2.24, 2.45) is 0 Å². The van der Waals surface area contributed by atoms with Crippen LogP contribution in [0.1, 0.15) is 17.8 Å². The maximum atomic E-state index is 14.9. The summed E-state index contributed by atoms with van der Waals surface area (Å²) in [5.41, 5.74) is -0.171. The lowest BCUT2D eigenvalue weighted by molar-refractivity contribution is -0.128. The molecule has 1 amide bonds. The first-order chi connectivity index (χ1) is 21.1. The number of alkyl halides is 4. The highest BCUT2D eigenvalue weighted by molar-refractivity contribution is 7.90. The van der Waals surface area contributed by atoms with Gasteiger partial charge in [0.15, 0.2) is 21.3 Å². The van der Waals surface area contributed by atoms with E-state index < -0.39 is 46.4 Å². The lowest BCUT2D eigenvalue weighted by atomic mass is 10.0. The van der Waals surface area contributed by atoms with Crippen LogP contribution in [0.3, 0.4) is 0 Å². The van der Waals surface area contributed by atoms with Crippen LogP contribution in [0.2, 0.25) is 0 Å². The number of aromatic nitrogens is 2. The molecule has 1 aromatic carbocycles. The summed E-state index contributed by atoms with van der Waals surface area (Å²) in [6.07, 6.45) is -4.87. The summed E-state index contributed by atoms with van der Waals surface area (Å²) in [4.78, 5) is 18.2. The van der Waals surface area contributed by atoms with Crippen molar-refractivity contribution < 1.29 is 39.9 Å². The molecular weight excluding hydrogens is 623 g/mol. The van der Waals surface area contributed by atoms with Gasteiger partial charge in [-0.25, -0.2) is 22.2 Å². The van der Waals surface area contributed by atoms with E-state index >= 15 is 0 Å². The second-order valence-electron chi connectivity index (χ2n) is 10.5. The molecule has 0 bridgehead atoms. The summed E-state index contributed by atoms with van der Waals surface area (Å²) >= 11 is 0. The quantitative estimate of drug-likeness (QED) is 0.179. The summed E-state index contributed by atoms with van der Waals surface area (Å²) in [5.74, 6) is 3.05. The Kier molecular flexibility index (Phi) is 9.93. The fourth-order valence-electron chi connectivity index (χ4n) is 4.76. The summed E-state index contributed by atoms with van der Waals surface area (Å²) < 4.78 is 99.7. The maximum absolute atomic E-state index is 14.9. The predicted octanol–water partition coefficient (Wildman–Crippen LogP) is 4.19. The van der Waals surface area contributed by atoms with E-state index in [4.69, 9.17) is 4.74 Å². The van der Waals surface area contributed by atoms with Crippen molar-refractivity contribution >= 4 is 38.5 Å². The van der Waals surface area contributed by atoms with Gasteiger partial charge in [-0.2, -0.15) is 13.2 Å². The van der Waals surface area contributed by atoms with E-state index in [1.807, 2.05) is 0 Å². The minimum absolute atomic E-state index is 0.00672. The van der Waals surface area contributed by atoms with E-state index in [0.717, 1.165) is 16.9 Å². The molecule has 0 unspecified atom stereocenters. The third kappa shape index (κ3) is 8.43. The Bertz CT molecular complexity index is 1780. The van der Waals surface area contributed by atoms with Crippen molar-refractivity contribution in [2.75, 3.05) is 56.0 Å². The number of halogens is 5. The third-order valence-corrected chi connectivity index (χ3v) is 8.06. The zero-order valence-electron chi connectivity index (χ0n) is 24.6. The topological polar surface area (TPSA) is 117 Å². The van der Waals surface area contributed by atoms with Crippen molar-refractivity contribution in [3.8, 4) is 17.6 Å². The van der Waals surface area contributed by atoms with Gasteiger partial charge in [-0.05, 0) is 37.6 Å². The first kappa shape index (κ1) is 33.5. The largest absolute Gasteiger partial charge is 0.495 e. The van der Waals surface area contributed by atoms with Gasteiger partial charge in [0.1, 0.15) is 17.6 Å². The van der Waals surface area contributed by atoms with Crippen LogP contribution in [0.5, 0.6) is 5.75 Å². The van der Waals surface area contributed by atoms with Crippen LogP contribution in [0.25, 0.3) is 5.65 Å². The molecule has 0 radical (unpaired) electrons. The number of carbonyl (C=O) groups excluding carboxylic acids is 1. The number of carbonyl (C=O) groups is 1. The summed E-state index contributed by atoms with van der Waals surface area (Å²) in [6.45, 7) is 3.54. The third-order valence-electron chi connectivity index (χ3n) is 6.95. The van der Waals surface area contributed by atoms with Crippen LogP contribution in [0.15, 0.2) is 47.8 Å². The van der Waals surface area contributed by atoms with Gasteiger partial charge in [0.05, 0.1) is 53.8 Å². The summed E-state index contributed by atoms with van der Waals surface area (Å²) in [7, 11) is -0.380. The van der Waals surface area contributed by atoms with Gasteiger partial charge in [0.25, 0.3) is 5.91 Å². The van der Waals surface area contributed by atoms with Crippen molar-refractivity contribution in [3.63, 3.8) is 0 Å². The van der Waals surface area contributed by atoms with Crippen LogP contribution >= 0.6 is 0 Å². The molecule has 16 heteroatoms. The lowest BCUT2D eigenvalue weighted by Crippen LogP contribution is -2.46. The Morgan fingerprint density at radius 3 is 2.60 bits per heavy atom. The number of anilines is 3. The second-order valence-corrected chi connectivity index (χ2v) is 12.5. The van der Waals surface area contributed by atoms with Crippen LogP contribution < -0.4 is 20.7 Å². The van der Waals surface area contributed by atoms with Gasteiger partial charge in [0, 0.05) is 31.6 Å². The zero-order chi connectivity index (χ0) is 33.1. The minimum Gasteiger partial charge on any atom is -0.495 e. The number of nitrogens with one attached hydrogen (secondary N) is 3. The smallest absolute Gasteiger partial charge is 0.394 e. The number of methoxy groups -OCH3 is 1. The molecule has 1 fully saturated rings. The molecule has 45 heavy (non-hydrogen) atoms. The molecule has 242 valence electrons. The van der Waals surface area contributed by atoms with E-state index in [1.165, 1.54) is 31.4 Å². The van der Waals surface area contributed by atoms with Crippen LogP contribution in [0.4, 0.5) is 39.0 Å². The average Bonchev–Trinajstić information content (AvgIpc) is 3.27. The molecule has 1 aliphatic rings. The number of sulfone groups is 1. The molecule has 3 heterocycles. The Morgan fingerprint density at radius 2 is 1.98 bits per heavy atom. The van der Waals surface area contributed by atoms with Gasteiger partial charge in [-0.15, -0.1) is 0 Å². The van der Waals surface area contributed by atoms with E-state index in [0.29, 0.717) is 18.7 Å². The highest BCUT2D eigenvalue weighted by atomic mass is 32.2. The molecule has 3 aromatic rings. The minimum atomic E-state index is -4.68. The van der Waals surface area contributed by atoms with Crippen LogP contribution in [-0.4, -0.2) is 87.0 Å². The normalized spacial score (nSPS) is 17.3. The molecule has 10 nitrogen and oxygen atoms in total. The summed E-state index contributed by atoms with van der Waals surface area (Å²) in [5, 5.41) is 8.18.